The summed E-state index contributed by atoms with van der Waals surface area (Å²) in [5.74, 6) is 0.932. The van der Waals surface area contributed by atoms with Gasteiger partial charge in [0.15, 0.2) is 0 Å². The van der Waals surface area contributed by atoms with E-state index in [-0.39, 0.29) is 24.6 Å². The molecule has 0 aromatic carbocycles. The summed E-state index contributed by atoms with van der Waals surface area (Å²) in [5.41, 5.74) is 0. The SMILES string of the molecule is Cc1nnnn1CC(=O)N[C@@H]1COCC[C@H]1Oc1ccccn1. The standard InChI is InChI=1S/C14H18N6O3/c1-10-17-18-19-20(10)8-13(21)16-11-9-22-7-5-12(11)23-14-4-2-3-6-15-14/h2-4,6,11-12H,5,7-9H2,1H3,(H,16,21)/t11-,12-/m1/s1. The second kappa shape index (κ2) is 7.14. The monoisotopic (exact) mass is 318 g/mol. The number of rotatable bonds is 5. The second-order valence-electron chi connectivity index (χ2n) is 5.25. The zero-order valence-electron chi connectivity index (χ0n) is 12.8. The molecule has 23 heavy (non-hydrogen) atoms. The Morgan fingerprint density at radius 1 is 1.52 bits per heavy atom. The van der Waals surface area contributed by atoms with E-state index in [1.165, 1.54) is 4.68 Å². The van der Waals surface area contributed by atoms with Gasteiger partial charge in [-0.15, -0.1) is 5.10 Å². The zero-order chi connectivity index (χ0) is 16.1. The molecule has 3 rings (SSSR count). The van der Waals surface area contributed by atoms with E-state index < -0.39 is 0 Å². The first kappa shape index (κ1) is 15.3. The first-order valence-electron chi connectivity index (χ1n) is 7.40. The number of ether oxygens (including phenoxy) is 2. The van der Waals surface area contributed by atoms with E-state index in [1.807, 2.05) is 12.1 Å². The molecular weight excluding hydrogens is 300 g/mol. The van der Waals surface area contributed by atoms with E-state index in [2.05, 4.69) is 25.8 Å². The van der Waals surface area contributed by atoms with Crippen LogP contribution in [0.1, 0.15) is 12.2 Å². The smallest absolute Gasteiger partial charge is 0.242 e. The molecule has 0 saturated carbocycles. The maximum atomic E-state index is 12.2. The molecule has 1 amide bonds. The summed E-state index contributed by atoms with van der Waals surface area (Å²) < 4.78 is 12.8. The molecule has 1 saturated heterocycles. The highest BCUT2D eigenvalue weighted by Crippen LogP contribution is 2.15. The Kier molecular flexibility index (Phi) is 4.77. The number of aromatic nitrogens is 5. The van der Waals surface area contributed by atoms with E-state index in [9.17, 15) is 4.79 Å². The molecule has 1 fully saturated rings. The lowest BCUT2D eigenvalue weighted by Crippen LogP contribution is -2.52. The van der Waals surface area contributed by atoms with Crippen LogP contribution >= 0.6 is 0 Å². The highest BCUT2D eigenvalue weighted by molar-refractivity contribution is 5.76. The molecular formula is C14H18N6O3. The molecule has 0 bridgehead atoms. The van der Waals surface area contributed by atoms with Gasteiger partial charge in [0.2, 0.25) is 11.8 Å². The molecule has 1 aliphatic rings. The van der Waals surface area contributed by atoms with Gasteiger partial charge >= 0.3 is 0 Å². The van der Waals surface area contributed by atoms with E-state index in [4.69, 9.17) is 9.47 Å². The predicted octanol–water partition coefficient (Wildman–Crippen LogP) is -0.271. The molecule has 0 spiro atoms. The minimum Gasteiger partial charge on any atom is -0.472 e. The number of hydrogen-bond donors (Lipinski definition) is 1. The van der Waals surface area contributed by atoms with Crippen LogP contribution in [0.25, 0.3) is 0 Å². The minimum atomic E-state index is -0.241. The summed E-state index contributed by atoms with van der Waals surface area (Å²) in [6.45, 7) is 2.80. The molecule has 9 heteroatoms. The van der Waals surface area contributed by atoms with E-state index in [0.717, 1.165) is 0 Å². The Hall–Kier alpha value is -2.55. The van der Waals surface area contributed by atoms with Gasteiger partial charge in [-0.1, -0.05) is 6.07 Å². The van der Waals surface area contributed by atoms with Gasteiger partial charge in [-0.05, 0) is 23.4 Å². The van der Waals surface area contributed by atoms with Crippen LogP contribution in [-0.2, 0) is 16.1 Å². The average molecular weight is 318 g/mol. The Labute approximate surface area is 133 Å². The van der Waals surface area contributed by atoms with Gasteiger partial charge in [0, 0.05) is 18.7 Å². The fraction of sp³-hybridized carbons (Fsp3) is 0.500. The Balaban J connectivity index is 1.60. The Morgan fingerprint density at radius 2 is 2.43 bits per heavy atom. The molecule has 122 valence electrons. The summed E-state index contributed by atoms with van der Waals surface area (Å²) >= 11 is 0. The molecule has 0 unspecified atom stereocenters. The van der Waals surface area contributed by atoms with Gasteiger partial charge in [0.1, 0.15) is 18.5 Å². The molecule has 2 aromatic rings. The lowest BCUT2D eigenvalue weighted by Gasteiger charge is -2.32. The molecule has 9 nitrogen and oxygen atoms in total. The Morgan fingerprint density at radius 3 is 3.17 bits per heavy atom. The zero-order valence-corrected chi connectivity index (χ0v) is 12.8. The molecule has 3 heterocycles. The van der Waals surface area contributed by atoms with Crippen LogP contribution < -0.4 is 10.1 Å². The van der Waals surface area contributed by atoms with Crippen molar-refractivity contribution in [2.24, 2.45) is 0 Å². The van der Waals surface area contributed by atoms with Crippen molar-refractivity contribution in [3.8, 4) is 5.88 Å². The minimum absolute atomic E-state index is 0.0612. The van der Waals surface area contributed by atoms with Crippen LogP contribution in [0, 0.1) is 6.92 Å². The quantitative estimate of drug-likeness (QED) is 0.809. The molecule has 1 N–H and O–H groups in total. The van der Waals surface area contributed by atoms with Crippen molar-refractivity contribution in [1.82, 2.24) is 30.5 Å². The number of nitrogens with zero attached hydrogens (tertiary/aromatic N) is 5. The highest BCUT2D eigenvalue weighted by Gasteiger charge is 2.29. The van der Waals surface area contributed by atoms with Crippen LogP contribution in [-0.4, -0.2) is 56.5 Å². The van der Waals surface area contributed by atoms with E-state index in [1.54, 1.807) is 19.2 Å². The van der Waals surface area contributed by atoms with Gasteiger partial charge in [0.25, 0.3) is 0 Å². The summed E-state index contributed by atoms with van der Waals surface area (Å²) in [7, 11) is 0. The number of amides is 1. The first-order valence-corrected chi connectivity index (χ1v) is 7.40. The second-order valence-corrected chi connectivity index (χ2v) is 5.25. The molecule has 0 radical (unpaired) electrons. The van der Waals surface area contributed by atoms with Crippen LogP contribution in [0.15, 0.2) is 24.4 Å². The van der Waals surface area contributed by atoms with Gasteiger partial charge in [0.05, 0.1) is 19.3 Å². The summed E-state index contributed by atoms with van der Waals surface area (Å²) in [4.78, 5) is 16.3. The van der Waals surface area contributed by atoms with Crippen molar-refractivity contribution in [2.75, 3.05) is 13.2 Å². The van der Waals surface area contributed by atoms with Gasteiger partial charge in [-0.2, -0.15) is 0 Å². The normalized spacial score (nSPS) is 20.9. The van der Waals surface area contributed by atoms with Gasteiger partial charge in [-0.25, -0.2) is 9.67 Å². The van der Waals surface area contributed by atoms with E-state index >= 15 is 0 Å². The largest absolute Gasteiger partial charge is 0.472 e. The third kappa shape index (κ3) is 4.01. The topological polar surface area (TPSA) is 104 Å². The third-order valence-corrected chi connectivity index (χ3v) is 3.55. The maximum absolute atomic E-state index is 12.2. The number of hydrogen-bond acceptors (Lipinski definition) is 7. The number of carbonyl (C=O) groups is 1. The highest BCUT2D eigenvalue weighted by atomic mass is 16.5. The van der Waals surface area contributed by atoms with Crippen LogP contribution in [0.5, 0.6) is 5.88 Å². The van der Waals surface area contributed by atoms with E-state index in [0.29, 0.717) is 31.3 Å². The number of aryl methyl sites for hydroxylation is 1. The molecule has 0 aliphatic carbocycles. The first-order chi connectivity index (χ1) is 11.2. The average Bonchev–Trinajstić information content (AvgIpc) is 2.95. The maximum Gasteiger partial charge on any atom is 0.242 e. The van der Waals surface area contributed by atoms with Gasteiger partial charge in [-0.3, -0.25) is 4.79 Å². The number of pyridine rings is 1. The fourth-order valence-corrected chi connectivity index (χ4v) is 2.35. The summed E-state index contributed by atoms with van der Waals surface area (Å²) in [6, 6.07) is 5.23. The molecule has 1 aliphatic heterocycles. The van der Waals surface area contributed by atoms with Crippen molar-refractivity contribution in [3.63, 3.8) is 0 Å². The van der Waals surface area contributed by atoms with Gasteiger partial charge < -0.3 is 14.8 Å². The van der Waals surface area contributed by atoms with Crippen LogP contribution in [0.4, 0.5) is 0 Å². The van der Waals surface area contributed by atoms with Crippen molar-refractivity contribution in [2.45, 2.75) is 32.0 Å². The third-order valence-electron chi connectivity index (χ3n) is 3.55. The molecule has 2 atom stereocenters. The van der Waals surface area contributed by atoms with Crippen molar-refractivity contribution in [1.29, 1.82) is 0 Å². The number of tetrazole rings is 1. The Bertz CT molecular complexity index is 647. The summed E-state index contributed by atoms with van der Waals surface area (Å²) in [6.07, 6.45) is 2.17. The fourth-order valence-electron chi connectivity index (χ4n) is 2.35. The predicted molar refractivity (Wildman–Crippen MR) is 78.6 cm³/mol. The lowest BCUT2D eigenvalue weighted by atomic mass is 10.1. The van der Waals surface area contributed by atoms with Crippen molar-refractivity contribution < 1.29 is 14.3 Å². The van der Waals surface area contributed by atoms with Crippen LogP contribution in [0.3, 0.4) is 0 Å². The van der Waals surface area contributed by atoms with Crippen molar-refractivity contribution >= 4 is 5.91 Å². The van der Waals surface area contributed by atoms with Crippen molar-refractivity contribution in [3.05, 3.63) is 30.2 Å². The van der Waals surface area contributed by atoms with Crippen LogP contribution in [0.2, 0.25) is 0 Å². The lowest BCUT2D eigenvalue weighted by molar-refractivity contribution is -0.125. The molecule has 2 aromatic heterocycles. The number of nitrogens with one attached hydrogen (secondary N) is 1. The summed E-state index contributed by atoms with van der Waals surface area (Å²) in [5, 5.41) is 13.9. The number of carbonyl (C=O) groups excluding carboxylic acids is 1.